The number of nitrogens with zero attached hydrogens (tertiary/aromatic N) is 1. The minimum absolute atomic E-state index is 0.0650. The fourth-order valence-electron chi connectivity index (χ4n) is 1.58. The fourth-order valence-corrected chi connectivity index (χ4v) is 1.58. The summed E-state index contributed by atoms with van der Waals surface area (Å²) in [6.45, 7) is 0.222. The van der Waals surface area contributed by atoms with Gasteiger partial charge in [0.15, 0.2) is 11.6 Å². The van der Waals surface area contributed by atoms with Crippen molar-refractivity contribution in [1.29, 1.82) is 0 Å². The molecule has 6 heteroatoms. The summed E-state index contributed by atoms with van der Waals surface area (Å²) in [4.78, 5) is 23.3. The first-order valence-corrected chi connectivity index (χ1v) is 5.72. The van der Waals surface area contributed by atoms with E-state index in [9.17, 15) is 14.0 Å². The Morgan fingerprint density at radius 2 is 2.05 bits per heavy atom. The molecule has 0 fully saturated rings. The molecule has 0 atom stereocenters. The highest BCUT2D eigenvalue weighted by molar-refractivity contribution is 5.80. The Labute approximate surface area is 110 Å². The van der Waals surface area contributed by atoms with Gasteiger partial charge in [-0.3, -0.25) is 9.59 Å². The summed E-state index contributed by atoms with van der Waals surface area (Å²) >= 11 is 0. The summed E-state index contributed by atoms with van der Waals surface area (Å²) in [7, 11) is 2.92. The first-order chi connectivity index (χ1) is 8.93. The van der Waals surface area contributed by atoms with Gasteiger partial charge in [-0.25, -0.2) is 4.39 Å². The number of amides is 1. The van der Waals surface area contributed by atoms with Crippen LogP contribution in [0.2, 0.25) is 0 Å². The molecule has 0 saturated carbocycles. The average molecular weight is 269 g/mol. The van der Waals surface area contributed by atoms with E-state index < -0.39 is 11.8 Å². The topological polar surface area (TPSA) is 66.8 Å². The monoisotopic (exact) mass is 269 g/mol. The van der Waals surface area contributed by atoms with Crippen LogP contribution in [-0.2, 0) is 16.1 Å². The molecule has 1 rings (SSSR count). The zero-order valence-electron chi connectivity index (χ0n) is 10.9. The molecule has 5 nitrogen and oxygen atoms in total. The first-order valence-electron chi connectivity index (χ1n) is 5.72. The minimum atomic E-state index is -1.02. The van der Waals surface area contributed by atoms with Crippen molar-refractivity contribution in [3.05, 3.63) is 29.6 Å². The second-order valence-electron chi connectivity index (χ2n) is 4.11. The zero-order valence-corrected chi connectivity index (χ0v) is 10.9. The zero-order chi connectivity index (χ0) is 14.4. The molecule has 0 spiro atoms. The molecule has 1 N–H and O–H groups in total. The third kappa shape index (κ3) is 4.57. The number of carboxylic acids is 1. The smallest absolute Gasteiger partial charge is 0.303 e. The summed E-state index contributed by atoms with van der Waals surface area (Å²) in [5.74, 6) is -1.66. The number of carbonyl (C=O) groups excluding carboxylic acids is 1. The molecule has 104 valence electrons. The molecule has 1 aromatic carbocycles. The van der Waals surface area contributed by atoms with E-state index >= 15 is 0 Å². The van der Waals surface area contributed by atoms with Gasteiger partial charge in [0.2, 0.25) is 5.91 Å². The molecule has 1 aromatic rings. The molecule has 0 bridgehead atoms. The summed E-state index contributed by atoms with van der Waals surface area (Å²) < 4.78 is 18.2. The van der Waals surface area contributed by atoms with Crippen molar-refractivity contribution in [1.82, 2.24) is 4.90 Å². The van der Waals surface area contributed by atoms with Gasteiger partial charge in [-0.2, -0.15) is 0 Å². The Hall–Kier alpha value is -2.11. The van der Waals surface area contributed by atoms with E-state index in [1.807, 2.05) is 0 Å². The number of rotatable bonds is 6. The number of hydrogen-bond donors (Lipinski definition) is 1. The van der Waals surface area contributed by atoms with Gasteiger partial charge in [-0.05, 0) is 17.7 Å². The Kier molecular flexibility index (Phi) is 5.29. The highest BCUT2D eigenvalue weighted by Gasteiger charge is 2.12. The maximum atomic E-state index is 13.4. The lowest BCUT2D eigenvalue weighted by Crippen LogP contribution is -2.26. The van der Waals surface area contributed by atoms with E-state index in [2.05, 4.69) is 0 Å². The van der Waals surface area contributed by atoms with Crippen LogP contribution >= 0.6 is 0 Å². The van der Waals surface area contributed by atoms with Crippen LogP contribution in [0.5, 0.6) is 5.75 Å². The third-order valence-corrected chi connectivity index (χ3v) is 2.61. The standard InChI is InChI=1S/C13H16FNO4/c1-15(12(16)5-6-13(17)18)8-9-3-4-11(19-2)10(14)7-9/h3-4,7H,5-6,8H2,1-2H3,(H,17,18). The minimum Gasteiger partial charge on any atom is -0.494 e. The van der Waals surface area contributed by atoms with Gasteiger partial charge in [-0.15, -0.1) is 0 Å². The van der Waals surface area contributed by atoms with Crippen LogP contribution in [0.15, 0.2) is 18.2 Å². The predicted octanol–water partition coefficient (Wildman–Crippen LogP) is 1.66. The number of methoxy groups -OCH3 is 1. The van der Waals surface area contributed by atoms with Crippen molar-refractivity contribution < 1.29 is 23.8 Å². The Morgan fingerprint density at radius 1 is 1.37 bits per heavy atom. The second-order valence-corrected chi connectivity index (χ2v) is 4.11. The van der Waals surface area contributed by atoms with Gasteiger partial charge in [0.05, 0.1) is 13.5 Å². The quantitative estimate of drug-likeness (QED) is 0.852. The van der Waals surface area contributed by atoms with Crippen LogP contribution < -0.4 is 4.74 Å². The molecule has 0 aliphatic carbocycles. The maximum Gasteiger partial charge on any atom is 0.303 e. The van der Waals surface area contributed by atoms with Crippen molar-refractivity contribution >= 4 is 11.9 Å². The number of carbonyl (C=O) groups is 2. The van der Waals surface area contributed by atoms with Crippen molar-refractivity contribution in [3.8, 4) is 5.75 Å². The summed E-state index contributed by atoms with van der Waals surface area (Å²) in [6, 6.07) is 4.43. The lowest BCUT2D eigenvalue weighted by Gasteiger charge is -2.17. The number of aliphatic carboxylic acids is 1. The Balaban J connectivity index is 2.61. The van der Waals surface area contributed by atoms with E-state index in [0.717, 1.165) is 0 Å². The lowest BCUT2D eigenvalue weighted by atomic mass is 10.2. The lowest BCUT2D eigenvalue weighted by molar-refractivity contribution is -0.140. The molecule has 1 amide bonds. The van der Waals surface area contributed by atoms with Crippen molar-refractivity contribution in [2.45, 2.75) is 19.4 Å². The molecular weight excluding hydrogens is 253 g/mol. The summed E-state index contributed by atoms with van der Waals surface area (Å²) in [5, 5.41) is 8.49. The van der Waals surface area contributed by atoms with Gasteiger partial charge in [0, 0.05) is 20.0 Å². The number of benzene rings is 1. The van der Waals surface area contributed by atoms with Gasteiger partial charge in [-0.1, -0.05) is 6.07 Å². The van der Waals surface area contributed by atoms with Gasteiger partial charge in [0.1, 0.15) is 0 Å². The maximum absolute atomic E-state index is 13.4. The highest BCUT2D eigenvalue weighted by Crippen LogP contribution is 2.18. The summed E-state index contributed by atoms with van der Waals surface area (Å²) in [6.07, 6.45) is -0.273. The number of ether oxygens (including phenoxy) is 1. The normalized spacial score (nSPS) is 10.1. The molecule has 0 saturated heterocycles. The van der Waals surface area contributed by atoms with Gasteiger partial charge >= 0.3 is 5.97 Å². The third-order valence-electron chi connectivity index (χ3n) is 2.61. The summed E-state index contributed by atoms with van der Waals surface area (Å²) in [5.41, 5.74) is 0.615. The van der Waals surface area contributed by atoms with E-state index in [0.29, 0.717) is 5.56 Å². The van der Waals surface area contributed by atoms with Gasteiger partial charge < -0.3 is 14.7 Å². The second kappa shape index (κ2) is 6.72. The van der Waals surface area contributed by atoms with E-state index in [4.69, 9.17) is 9.84 Å². The average Bonchev–Trinajstić information content (AvgIpc) is 2.36. The molecule has 0 heterocycles. The van der Waals surface area contributed by atoms with Crippen LogP contribution in [0.1, 0.15) is 18.4 Å². The first kappa shape index (κ1) is 14.9. The molecule has 0 aliphatic heterocycles. The van der Waals surface area contributed by atoms with Crippen molar-refractivity contribution in [3.63, 3.8) is 0 Å². The molecule has 0 unspecified atom stereocenters. The number of hydrogen-bond acceptors (Lipinski definition) is 3. The Morgan fingerprint density at radius 3 is 2.58 bits per heavy atom. The fraction of sp³-hybridized carbons (Fsp3) is 0.385. The molecule has 19 heavy (non-hydrogen) atoms. The van der Waals surface area contributed by atoms with Crippen molar-refractivity contribution in [2.75, 3.05) is 14.2 Å². The molecular formula is C13H16FNO4. The molecule has 0 aliphatic rings. The largest absolute Gasteiger partial charge is 0.494 e. The number of halogens is 1. The van der Waals surface area contributed by atoms with Crippen LogP contribution in [0.4, 0.5) is 4.39 Å². The van der Waals surface area contributed by atoms with Crippen LogP contribution in [0.3, 0.4) is 0 Å². The Bertz CT molecular complexity index is 476. The van der Waals surface area contributed by atoms with E-state index in [1.54, 1.807) is 13.1 Å². The van der Waals surface area contributed by atoms with E-state index in [-0.39, 0.29) is 31.0 Å². The SMILES string of the molecule is COc1ccc(CN(C)C(=O)CCC(=O)O)cc1F. The van der Waals surface area contributed by atoms with Crippen LogP contribution in [0, 0.1) is 5.82 Å². The van der Waals surface area contributed by atoms with Crippen LogP contribution in [-0.4, -0.2) is 36.0 Å². The molecule has 0 aromatic heterocycles. The van der Waals surface area contributed by atoms with Gasteiger partial charge in [0.25, 0.3) is 0 Å². The van der Waals surface area contributed by atoms with E-state index in [1.165, 1.54) is 24.1 Å². The predicted molar refractivity (Wildman–Crippen MR) is 66.3 cm³/mol. The van der Waals surface area contributed by atoms with Crippen molar-refractivity contribution in [2.24, 2.45) is 0 Å². The van der Waals surface area contributed by atoms with Crippen LogP contribution in [0.25, 0.3) is 0 Å². The highest BCUT2D eigenvalue weighted by atomic mass is 19.1. The number of carboxylic acid groups (broad SMARTS) is 1. The molecule has 0 radical (unpaired) electrons.